The summed E-state index contributed by atoms with van der Waals surface area (Å²) in [7, 11) is 0. The van der Waals surface area contributed by atoms with Crippen molar-refractivity contribution in [1.29, 1.82) is 0 Å². The third-order valence-corrected chi connectivity index (χ3v) is 1.48. The topological polar surface area (TPSA) is 27.6 Å². The first-order valence-corrected chi connectivity index (χ1v) is 2.96. The number of hydrazone groups is 1. The average molecular weight is 125 g/mol. The molecule has 3 heteroatoms. The molecule has 1 heterocycles. The number of hydrogen-bond donors (Lipinski definition) is 1. The SMILES string of the molecule is C=CN(N=C)C1CNC1. The van der Waals surface area contributed by atoms with Gasteiger partial charge >= 0.3 is 0 Å². The van der Waals surface area contributed by atoms with E-state index in [1.54, 1.807) is 11.2 Å². The molecule has 0 spiro atoms. The smallest absolute Gasteiger partial charge is 0.0767 e. The first-order chi connectivity index (χ1) is 4.38. The van der Waals surface area contributed by atoms with Crippen LogP contribution in [0.15, 0.2) is 17.9 Å². The van der Waals surface area contributed by atoms with Crippen LogP contribution < -0.4 is 5.32 Å². The molecule has 0 aromatic heterocycles. The van der Waals surface area contributed by atoms with E-state index < -0.39 is 0 Å². The van der Waals surface area contributed by atoms with Crippen LogP contribution in [0.4, 0.5) is 0 Å². The predicted molar refractivity (Wildman–Crippen MR) is 38.2 cm³/mol. The second kappa shape index (κ2) is 2.64. The summed E-state index contributed by atoms with van der Waals surface area (Å²) in [5.74, 6) is 0. The monoisotopic (exact) mass is 125 g/mol. The summed E-state index contributed by atoms with van der Waals surface area (Å²) in [5.41, 5.74) is 0. The molecule has 1 rings (SSSR count). The van der Waals surface area contributed by atoms with Gasteiger partial charge in [0.25, 0.3) is 0 Å². The second-order valence-electron chi connectivity index (χ2n) is 2.02. The molecule has 0 unspecified atom stereocenters. The van der Waals surface area contributed by atoms with Gasteiger partial charge in [0.05, 0.1) is 6.04 Å². The van der Waals surface area contributed by atoms with E-state index >= 15 is 0 Å². The molecule has 9 heavy (non-hydrogen) atoms. The van der Waals surface area contributed by atoms with Crippen molar-refractivity contribution in [3.8, 4) is 0 Å². The van der Waals surface area contributed by atoms with Gasteiger partial charge in [0.15, 0.2) is 0 Å². The molecule has 0 aromatic rings. The van der Waals surface area contributed by atoms with Crippen molar-refractivity contribution >= 4 is 6.72 Å². The van der Waals surface area contributed by atoms with E-state index in [1.165, 1.54) is 0 Å². The Morgan fingerprint density at radius 3 is 2.44 bits per heavy atom. The van der Waals surface area contributed by atoms with E-state index in [-0.39, 0.29) is 0 Å². The minimum absolute atomic E-state index is 0.486. The molecule has 0 radical (unpaired) electrons. The first-order valence-electron chi connectivity index (χ1n) is 2.96. The largest absolute Gasteiger partial charge is 0.312 e. The normalized spacial score (nSPS) is 18.2. The molecule has 50 valence electrons. The molecule has 1 N–H and O–H groups in total. The van der Waals surface area contributed by atoms with Crippen molar-refractivity contribution < 1.29 is 0 Å². The van der Waals surface area contributed by atoms with Gasteiger partial charge in [-0.2, -0.15) is 5.10 Å². The molecular formula is C6H11N3. The van der Waals surface area contributed by atoms with Crippen molar-refractivity contribution in [3.63, 3.8) is 0 Å². The maximum atomic E-state index is 3.75. The Morgan fingerprint density at radius 2 is 2.33 bits per heavy atom. The first kappa shape index (κ1) is 6.29. The molecule has 0 bridgehead atoms. The quantitative estimate of drug-likeness (QED) is 0.425. The van der Waals surface area contributed by atoms with Gasteiger partial charge in [0.2, 0.25) is 0 Å². The average Bonchev–Trinajstić information content (AvgIpc) is 1.78. The summed E-state index contributed by atoms with van der Waals surface area (Å²) in [6.07, 6.45) is 1.69. The minimum Gasteiger partial charge on any atom is -0.312 e. The zero-order valence-electron chi connectivity index (χ0n) is 5.38. The van der Waals surface area contributed by atoms with Gasteiger partial charge < -0.3 is 5.32 Å². The summed E-state index contributed by atoms with van der Waals surface area (Å²) >= 11 is 0. The maximum absolute atomic E-state index is 3.75. The number of nitrogens with one attached hydrogen (secondary N) is 1. The Balaban J connectivity index is 2.35. The lowest BCUT2D eigenvalue weighted by atomic mass is 10.2. The highest BCUT2D eigenvalue weighted by Crippen LogP contribution is 2.03. The van der Waals surface area contributed by atoms with Gasteiger partial charge in [-0.05, 0) is 0 Å². The van der Waals surface area contributed by atoms with Crippen LogP contribution in [0.25, 0.3) is 0 Å². The van der Waals surface area contributed by atoms with Gasteiger partial charge in [-0.25, -0.2) is 0 Å². The van der Waals surface area contributed by atoms with Crippen LogP contribution in [-0.4, -0.2) is 30.9 Å². The highest BCUT2D eigenvalue weighted by molar-refractivity contribution is 5.23. The molecule has 0 aliphatic carbocycles. The number of rotatable bonds is 3. The minimum atomic E-state index is 0.486. The van der Waals surface area contributed by atoms with Crippen LogP contribution in [0, 0.1) is 0 Å². The van der Waals surface area contributed by atoms with Crippen LogP contribution in [0.1, 0.15) is 0 Å². The molecule has 0 aromatic carbocycles. The molecule has 0 saturated carbocycles. The third-order valence-electron chi connectivity index (χ3n) is 1.48. The van der Waals surface area contributed by atoms with Gasteiger partial charge in [-0.15, -0.1) is 0 Å². The summed E-state index contributed by atoms with van der Waals surface area (Å²) in [5, 5.41) is 8.66. The van der Waals surface area contributed by atoms with Crippen molar-refractivity contribution in [1.82, 2.24) is 10.3 Å². The van der Waals surface area contributed by atoms with Crippen LogP contribution in [0.3, 0.4) is 0 Å². The highest BCUT2D eigenvalue weighted by Gasteiger charge is 2.20. The van der Waals surface area contributed by atoms with E-state index in [1.807, 2.05) is 0 Å². The van der Waals surface area contributed by atoms with Crippen LogP contribution in [-0.2, 0) is 0 Å². The van der Waals surface area contributed by atoms with Crippen LogP contribution in [0.2, 0.25) is 0 Å². The zero-order chi connectivity index (χ0) is 6.69. The van der Waals surface area contributed by atoms with E-state index in [9.17, 15) is 0 Å². The molecule has 1 aliphatic rings. The zero-order valence-corrected chi connectivity index (χ0v) is 5.38. The van der Waals surface area contributed by atoms with Crippen molar-refractivity contribution in [2.45, 2.75) is 6.04 Å². The lowest BCUT2D eigenvalue weighted by Gasteiger charge is -2.33. The lowest BCUT2D eigenvalue weighted by molar-refractivity contribution is 0.215. The molecule has 0 amide bonds. The summed E-state index contributed by atoms with van der Waals surface area (Å²) < 4.78 is 0. The molecule has 1 aliphatic heterocycles. The second-order valence-corrected chi connectivity index (χ2v) is 2.02. The summed E-state index contributed by atoms with van der Waals surface area (Å²) in [6, 6.07) is 0.486. The Kier molecular flexibility index (Phi) is 1.85. The fourth-order valence-corrected chi connectivity index (χ4v) is 0.783. The van der Waals surface area contributed by atoms with Gasteiger partial charge in [-0.1, -0.05) is 6.58 Å². The van der Waals surface area contributed by atoms with Crippen LogP contribution >= 0.6 is 0 Å². The van der Waals surface area contributed by atoms with Crippen molar-refractivity contribution in [3.05, 3.63) is 12.8 Å². The lowest BCUT2D eigenvalue weighted by Crippen LogP contribution is -2.53. The van der Waals surface area contributed by atoms with E-state index in [4.69, 9.17) is 0 Å². The molecule has 0 atom stereocenters. The standard InChI is InChI=1S/C6H11N3/c1-3-9(7-2)6-4-8-5-6/h3,6,8H,1-2,4-5H2. The van der Waals surface area contributed by atoms with E-state index in [0.717, 1.165) is 13.1 Å². The molecule has 1 fully saturated rings. The summed E-state index contributed by atoms with van der Waals surface area (Å²) in [4.78, 5) is 0. The molecule has 1 saturated heterocycles. The summed E-state index contributed by atoms with van der Waals surface area (Å²) in [6.45, 7) is 8.99. The van der Waals surface area contributed by atoms with Gasteiger partial charge in [-0.3, -0.25) is 5.01 Å². The maximum Gasteiger partial charge on any atom is 0.0767 e. The van der Waals surface area contributed by atoms with E-state index in [0.29, 0.717) is 6.04 Å². The Labute approximate surface area is 55.0 Å². The Bertz CT molecular complexity index is 109. The fraction of sp³-hybridized carbons (Fsp3) is 0.500. The van der Waals surface area contributed by atoms with Gasteiger partial charge in [0, 0.05) is 26.0 Å². The number of nitrogens with zero attached hydrogens (tertiary/aromatic N) is 2. The molecule has 3 nitrogen and oxygen atoms in total. The Hall–Kier alpha value is -0.830. The number of hydrogen-bond acceptors (Lipinski definition) is 3. The van der Waals surface area contributed by atoms with Crippen LogP contribution in [0.5, 0.6) is 0 Å². The third kappa shape index (κ3) is 1.10. The van der Waals surface area contributed by atoms with E-state index in [2.05, 4.69) is 23.7 Å². The van der Waals surface area contributed by atoms with Crippen molar-refractivity contribution in [2.75, 3.05) is 13.1 Å². The predicted octanol–water partition coefficient (Wildman–Crippen LogP) is 0.0193. The fourth-order valence-electron chi connectivity index (χ4n) is 0.783. The van der Waals surface area contributed by atoms with Gasteiger partial charge in [0.1, 0.15) is 0 Å². The Morgan fingerprint density at radius 1 is 1.67 bits per heavy atom. The highest BCUT2D eigenvalue weighted by atomic mass is 15.5. The molecular weight excluding hydrogens is 114 g/mol. The van der Waals surface area contributed by atoms with Crippen molar-refractivity contribution in [2.24, 2.45) is 5.10 Å².